The van der Waals surface area contributed by atoms with E-state index in [4.69, 9.17) is 11.5 Å². The van der Waals surface area contributed by atoms with E-state index in [1.165, 1.54) is 0 Å². The first-order valence-electron chi connectivity index (χ1n) is 5.12. The van der Waals surface area contributed by atoms with Gasteiger partial charge in [-0.15, -0.1) is 12.3 Å². The lowest BCUT2D eigenvalue weighted by Gasteiger charge is -2.38. The van der Waals surface area contributed by atoms with E-state index in [9.17, 15) is 4.79 Å². The van der Waals surface area contributed by atoms with Gasteiger partial charge in [0.2, 0.25) is 0 Å². The zero-order valence-corrected chi connectivity index (χ0v) is 8.92. The Morgan fingerprint density at radius 2 is 2.29 bits per heavy atom. The normalized spacial score (nSPS) is 30.6. The van der Waals surface area contributed by atoms with Crippen LogP contribution in [0.5, 0.6) is 0 Å². The zero-order valence-electron chi connectivity index (χ0n) is 8.92. The summed E-state index contributed by atoms with van der Waals surface area (Å²) in [5.41, 5.74) is 0.257. The highest BCUT2D eigenvalue weighted by Crippen LogP contribution is 2.43. The van der Waals surface area contributed by atoms with Gasteiger partial charge >= 0.3 is 5.97 Å². The van der Waals surface area contributed by atoms with Crippen LogP contribution in [-0.4, -0.2) is 11.1 Å². The van der Waals surface area contributed by atoms with Gasteiger partial charge in [-0.2, -0.15) is 0 Å². The average molecular weight is 194 g/mol. The van der Waals surface area contributed by atoms with E-state index in [0.717, 1.165) is 19.3 Å². The van der Waals surface area contributed by atoms with Crippen molar-refractivity contribution in [2.45, 2.75) is 39.5 Å². The molecule has 2 atom stereocenters. The predicted octanol–water partition coefficient (Wildman–Crippen LogP) is 2.54. The first-order chi connectivity index (χ1) is 6.46. The number of carbonyl (C=O) groups is 1. The number of terminal acetylenes is 1. The van der Waals surface area contributed by atoms with Crippen LogP contribution in [0.15, 0.2) is 0 Å². The highest BCUT2D eigenvalue weighted by molar-refractivity contribution is 5.70. The minimum atomic E-state index is -0.680. The summed E-state index contributed by atoms with van der Waals surface area (Å²) in [7, 11) is 0. The van der Waals surface area contributed by atoms with Crippen molar-refractivity contribution in [2.75, 3.05) is 0 Å². The molecule has 0 amide bonds. The Morgan fingerprint density at radius 3 is 2.79 bits per heavy atom. The Labute approximate surface area is 85.7 Å². The lowest BCUT2D eigenvalue weighted by Crippen LogP contribution is -2.34. The van der Waals surface area contributed by atoms with Crippen molar-refractivity contribution in [3.8, 4) is 12.3 Å². The molecule has 2 heteroatoms. The molecular weight excluding hydrogens is 176 g/mol. The van der Waals surface area contributed by atoms with Crippen LogP contribution < -0.4 is 0 Å². The van der Waals surface area contributed by atoms with E-state index in [-0.39, 0.29) is 17.3 Å². The van der Waals surface area contributed by atoms with E-state index < -0.39 is 5.97 Å². The maximum atomic E-state index is 11.0. The second-order valence-electron chi connectivity index (χ2n) is 5.02. The number of aliphatic carboxylic acids is 1. The molecule has 0 saturated heterocycles. The highest BCUT2D eigenvalue weighted by atomic mass is 16.4. The fourth-order valence-corrected chi connectivity index (χ4v) is 2.43. The third kappa shape index (κ3) is 2.51. The van der Waals surface area contributed by atoms with Crippen molar-refractivity contribution < 1.29 is 9.90 Å². The second kappa shape index (κ2) is 4.04. The maximum Gasteiger partial charge on any atom is 0.306 e. The first kappa shape index (κ1) is 11.1. The fraction of sp³-hybridized carbons (Fsp3) is 0.750. The molecule has 0 heterocycles. The van der Waals surface area contributed by atoms with Crippen LogP contribution in [0.1, 0.15) is 39.5 Å². The minimum Gasteiger partial charge on any atom is -0.481 e. The van der Waals surface area contributed by atoms with E-state index in [2.05, 4.69) is 19.8 Å². The molecule has 0 aromatic carbocycles. The minimum absolute atomic E-state index is 0.168. The van der Waals surface area contributed by atoms with Crippen LogP contribution in [0.25, 0.3) is 0 Å². The maximum absolute atomic E-state index is 11.0. The number of carboxylic acid groups (broad SMARTS) is 1. The Hall–Kier alpha value is -0.970. The van der Waals surface area contributed by atoms with E-state index in [0.29, 0.717) is 6.42 Å². The predicted molar refractivity (Wildman–Crippen MR) is 55.7 cm³/mol. The molecule has 1 saturated carbocycles. The van der Waals surface area contributed by atoms with E-state index in [1.54, 1.807) is 0 Å². The van der Waals surface area contributed by atoms with E-state index >= 15 is 0 Å². The molecule has 0 radical (unpaired) electrons. The van der Waals surface area contributed by atoms with E-state index in [1.807, 2.05) is 0 Å². The second-order valence-corrected chi connectivity index (χ2v) is 5.02. The smallest absolute Gasteiger partial charge is 0.306 e. The van der Waals surface area contributed by atoms with Crippen LogP contribution in [0.4, 0.5) is 0 Å². The monoisotopic (exact) mass is 194 g/mol. The van der Waals surface area contributed by atoms with Gasteiger partial charge in [0.1, 0.15) is 0 Å². The van der Waals surface area contributed by atoms with Gasteiger partial charge in [-0.1, -0.05) is 13.8 Å². The molecule has 1 N–H and O–H groups in total. The molecule has 0 spiro atoms. The Morgan fingerprint density at radius 1 is 1.64 bits per heavy atom. The van der Waals surface area contributed by atoms with Crippen molar-refractivity contribution in [2.24, 2.45) is 17.3 Å². The molecule has 2 nitrogen and oxygen atoms in total. The van der Waals surface area contributed by atoms with Gasteiger partial charge in [-0.05, 0) is 30.6 Å². The average Bonchev–Trinajstić information content (AvgIpc) is 2.02. The van der Waals surface area contributed by atoms with Crippen LogP contribution >= 0.6 is 0 Å². The van der Waals surface area contributed by atoms with Gasteiger partial charge < -0.3 is 5.11 Å². The highest BCUT2D eigenvalue weighted by Gasteiger charge is 2.37. The van der Waals surface area contributed by atoms with Crippen LogP contribution in [0.3, 0.4) is 0 Å². The zero-order chi connectivity index (χ0) is 10.8. The van der Waals surface area contributed by atoms with Crippen LogP contribution in [0.2, 0.25) is 0 Å². The lowest BCUT2D eigenvalue weighted by molar-refractivity contribution is -0.146. The molecule has 2 unspecified atom stereocenters. The van der Waals surface area contributed by atoms with Crippen LogP contribution in [0, 0.1) is 29.6 Å². The molecule has 1 rings (SSSR count). The van der Waals surface area contributed by atoms with Crippen molar-refractivity contribution in [1.29, 1.82) is 0 Å². The molecule has 0 aromatic rings. The van der Waals surface area contributed by atoms with Gasteiger partial charge in [0, 0.05) is 6.42 Å². The molecule has 1 aliphatic rings. The summed E-state index contributed by atoms with van der Waals surface area (Å²) < 4.78 is 0. The summed E-state index contributed by atoms with van der Waals surface area (Å²) in [5.74, 6) is 1.86. The summed E-state index contributed by atoms with van der Waals surface area (Å²) in [5, 5.41) is 9.04. The number of carboxylic acids is 1. The summed E-state index contributed by atoms with van der Waals surface area (Å²) in [6.07, 6.45) is 8.57. The van der Waals surface area contributed by atoms with Gasteiger partial charge in [0.15, 0.2) is 0 Å². The molecule has 14 heavy (non-hydrogen) atoms. The van der Waals surface area contributed by atoms with Crippen molar-refractivity contribution >= 4 is 5.97 Å². The summed E-state index contributed by atoms with van der Waals surface area (Å²) in [6.45, 7) is 4.38. The lowest BCUT2D eigenvalue weighted by atomic mass is 9.66. The third-order valence-corrected chi connectivity index (χ3v) is 3.21. The topological polar surface area (TPSA) is 37.3 Å². The first-order valence-corrected chi connectivity index (χ1v) is 5.12. The third-order valence-electron chi connectivity index (χ3n) is 3.21. The number of rotatable bonds is 2. The molecule has 0 aromatic heterocycles. The Balaban J connectivity index is 2.71. The molecule has 0 aliphatic heterocycles. The van der Waals surface area contributed by atoms with Gasteiger partial charge in [0.25, 0.3) is 0 Å². The number of hydrogen-bond acceptors (Lipinski definition) is 1. The molecule has 1 aliphatic carbocycles. The quantitative estimate of drug-likeness (QED) is 0.686. The largest absolute Gasteiger partial charge is 0.481 e. The Kier molecular flexibility index (Phi) is 3.21. The number of hydrogen-bond donors (Lipinski definition) is 1. The van der Waals surface area contributed by atoms with Crippen molar-refractivity contribution in [3.05, 3.63) is 0 Å². The molecule has 78 valence electrons. The fourth-order valence-electron chi connectivity index (χ4n) is 2.43. The van der Waals surface area contributed by atoms with Crippen LogP contribution in [-0.2, 0) is 4.79 Å². The van der Waals surface area contributed by atoms with Gasteiger partial charge in [0.05, 0.1) is 5.92 Å². The summed E-state index contributed by atoms with van der Waals surface area (Å²) in [6, 6.07) is 0. The molecule has 0 bridgehead atoms. The Bertz CT molecular complexity index is 260. The standard InChI is InChI=1S/C12H18O2/c1-4-5-9-8-12(2,3)7-6-10(9)11(13)14/h1,9-10H,5-8H2,2-3H3,(H,13,14). The van der Waals surface area contributed by atoms with Crippen molar-refractivity contribution in [1.82, 2.24) is 0 Å². The molecule has 1 fully saturated rings. The SMILES string of the molecule is C#CCC1CC(C)(C)CCC1C(=O)O. The van der Waals surface area contributed by atoms with Crippen molar-refractivity contribution in [3.63, 3.8) is 0 Å². The molecular formula is C12H18O2. The van der Waals surface area contributed by atoms with Gasteiger partial charge in [-0.25, -0.2) is 0 Å². The summed E-state index contributed by atoms with van der Waals surface area (Å²) >= 11 is 0. The summed E-state index contributed by atoms with van der Waals surface area (Å²) in [4.78, 5) is 11.0. The van der Waals surface area contributed by atoms with Gasteiger partial charge in [-0.3, -0.25) is 4.79 Å².